The van der Waals surface area contributed by atoms with Gasteiger partial charge in [-0.3, -0.25) is 9.13 Å². The van der Waals surface area contributed by atoms with Crippen molar-refractivity contribution in [3.8, 4) is 5.88 Å². The number of imidazole rings is 2. The summed E-state index contributed by atoms with van der Waals surface area (Å²) >= 11 is 10.3. The second-order valence-corrected chi connectivity index (χ2v) is 16.1. The summed E-state index contributed by atoms with van der Waals surface area (Å²) in [5, 5.41) is 19.9. The van der Waals surface area contributed by atoms with Crippen molar-refractivity contribution in [2.45, 2.75) is 54.9 Å². The molecule has 4 aromatic heterocycles. The Hall–Kier alpha value is -2.66. The van der Waals surface area contributed by atoms with Crippen molar-refractivity contribution in [2.75, 3.05) is 31.8 Å². The number of aromatic hydroxyl groups is 1. The first-order valence-electron chi connectivity index (χ1n) is 13.5. The van der Waals surface area contributed by atoms with E-state index in [1.165, 1.54) is 31.3 Å². The number of hydrogen-bond acceptors (Lipinski definition) is 17. The maximum absolute atomic E-state index is 15.9. The van der Waals surface area contributed by atoms with Crippen LogP contribution in [-0.2, 0) is 46.9 Å². The largest absolute Gasteiger partial charge is 0.492 e. The van der Waals surface area contributed by atoms with E-state index in [1.807, 2.05) is 0 Å². The Kier molecular flexibility index (Phi) is 8.98. The summed E-state index contributed by atoms with van der Waals surface area (Å²) in [7, 11) is -1.49. The number of aliphatic hydroxyl groups is 1. The lowest BCUT2D eigenvalue weighted by atomic mass is 9.98. The summed E-state index contributed by atoms with van der Waals surface area (Å²) in [6, 6.07) is 0. The fourth-order valence-corrected chi connectivity index (χ4v) is 9.26. The standard InChI is InChI=1S/C22H28F2N10O9P2S2/c1-21(12(43-44(37)46)11(39-2)18(42-21)33-6-29-9-14(25)27-5-28-15(9)33)4-40-45(38,47)13-19(41-8(3-35)22(13,23)24)34-7-30-10-16(34)31-20(26)32-17(10)36/h5-8,11-13,18-19,35,44H,3-4H2,1-2H3,(H,37,46)(H,38,47)(H2,25,27,28)(H3,26,31,32,36)/t8-,11-,12+,13+,18-,19-,21?,45?/m1/s1. The van der Waals surface area contributed by atoms with Gasteiger partial charge in [0.25, 0.3) is 5.92 Å². The molecule has 6 heterocycles. The third-order valence-electron chi connectivity index (χ3n) is 7.88. The van der Waals surface area contributed by atoms with Gasteiger partial charge >= 0.3 is 0 Å². The number of fused-ring (bicyclic) bond motifs is 2. The fourth-order valence-electron chi connectivity index (χ4n) is 5.72. The molecule has 2 fully saturated rings. The average Bonchev–Trinajstić information content (AvgIpc) is 3.74. The monoisotopic (exact) mass is 740 g/mol. The highest BCUT2D eigenvalue weighted by Crippen LogP contribution is 2.63. The van der Waals surface area contributed by atoms with E-state index < -0.39 is 86.6 Å². The summed E-state index contributed by atoms with van der Waals surface area (Å²) in [6.45, 7) is -5.04. The van der Waals surface area contributed by atoms with Crippen LogP contribution < -0.4 is 11.5 Å². The molecule has 0 spiro atoms. The SMILES string of the molecule is CO[C@H]1[C@H](n2cnc3c(N)ncnc32)OC(C)(COP(O)(=S)[C@H]2[C@H](n3cnc4c(O)nc(N)nc43)O[C@H](CO)C2(F)F)[C@H]1O[PH](O)=S. The fraction of sp³-hybridized carbons (Fsp3) is 0.545. The van der Waals surface area contributed by atoms with E-state index >= 15 is 8.78 Å². The number of anilines is 2. The van der Waals surface area contributed by atoms with Crippen molar-refractivity contribution in [1.29, 1.82) is 0 Å². The number of nitrogens with two attached hydrogens (primary N) is 2. The number of methoxy groups -OCH3 is 1. The number of rotatable bonds is 10. The highest BCUT2D eigenvalue weighted by atomic mass is 32.5. The number of aliphatic hydroxyl groups excluding tert-OH is 1. The van der Waals surface area contributed by atoms with Crippen LogP contribution in [0, 0.1) is 0 Å². The van der Waals surface area contributed by atoms with E-state index in [1.54, 1.807) is 0 Å². The summed E-state index contributed by atoms with van der Waals surface area (Å²) in [4.78, 5) is 45.6. The number of alkyl halides is 2. The van der Waals surface area contributed by atoms with Crippen molar-refractivity contribution in [2.24, 2.45) is 0 Å². The Morgan fingerprint density at radius 2 is 1.79 bits per heavy atom. The van der Waals surface area contributed by atoms with Crippen molar-refractivity contribution in [1.82, 2.24) is 39.0 Å². The first kappa shape index (κ1) is 34.2. The average molecular weight is 741 g/mol. The molecule has 4 aromatic rings. The Morgan fingerprint density at radius 3 is 2.45 bits per heavy atom. The van der Waals surface area contributed by atoms with Gasteiger partial charge in [0.15, 0.2) is 48.7 Å². The molecule has 19 nitrogen and oxygen atoms in total. The van der Waals surface area contributed by atoms with Crippen LogP contribution in [0.2, 0.25) is 0 Å². The number of hydrogen-bond donors (Lipinski definition) is 6. The van der Waals surface area contributed by atoms with Crippen LogP contribution in [0.4, 0.5) is 20.5 Å². The molecule has 8 N–H and O–H groups in total. The second kappa shape index (κ2) is 12.3. The number of halogens is 2. The molecule has 256 valence electrons. The number of nitrogen functional groups attached to an aromatic ring is 2. The summed E-state index contributed by atoms with van der Waals surface area (Å²) in [5.74, 6) is -4.89. The van der Waals surface area contributed by atoms with Gasteiger partial charge in [-0.15, -0.1) is 0 Å². The smallest absolute Gasteiger partial charge is 0.292 e. The van der Waals surface area contributed by atoms with Gasteiger partial charge in [0.2, 0.25) is 11.8 Å². The number of aromatic nitrogens is 8. The maximum atomic E-state index is 15.9. The Bertz CT molecular complexity index is 1910. The second-order valence-electron chi connectivity index (χ2n) is 10.8. The van der Waals surface area contributed by atoms with Gasteiger partial charge in [-0.25, -0.2) is 28.7 Å². The van der Waals surface area contributed by atoms with Crippen molar-refractivity contribution >= 4 is 71.4 Å². The molecule has 2 aliphatic heterocycles. The molecule has 3 unspecified atom stereocenters. The molecule has 0 aliphatic carbocycles. The minimum atomic E-state index is -4.67. The van der Waals surface area contributed by atoms with Crippen molar-refractivity contribution < 1.29 is 52.0 Å². The van der Waals surface area contributed by atoms with E-state index in [9.17, 15) is 20.0 Å². The third kappa shape index (κ3) is 5.77. The zero-order valence-electron chi connectivity index (χ0n) is 24.2. The minimum Gasteiger partial charge on any atom is -0.492 e. The predicted octanol–water partition coefficient (Wildman–Crippen LogP) is -0.0657. The molecule has 0 bridgehead atoms. The maximum Gasteiger partial charge on any atom is 0.292 e. The van der Waals surface area contributed by atoms with Crippen LogP contribution in [0.25, 0.3) is 22.3 Å². The lowest BCUT2D eigenvalue weighted by Gasteiger charge is -2.35. The summed E-state index contributed by atoms with van der Waals surface area (Å²) in [5.41, 5.74) is 7.75. The molecule has 2 saturated heterocycles. The first-order chi connectivity index (χ1) is 22.1. The molecular formula is C22H28F2N10O9P2S2. The van der Waals surface area contributed by atoms with Crippen molar-refractivity contribution in [3.63, 3.8) is 0 Å². The molecule has 25 heteroatoms. The highest BCUT2D eigenvalue weighted by molar-refractivity contribution is 8.09. The normalized spacial score (nSPS) is 31.0. The zero-order valence-corrected chi connectivity index (χ0v) is 27.7. The van der Waals surface area contributed by atoms with Gasteiger partial charge in [-0.1, -0.05) is 0 Å². The lowest BCUT2D eigenvalue weighted by molar-refractivity contribution is -0.109. The predicted molar refractivity (Wildman–Crippen MR) is 165 cm³/mol. The first-order valence-corrected chi connectivity index (χ1v) is 18.7. The third-order valence-corrected chi connectivity index (χ3v) is 11.4. The Balaban J connectivity index is 1.35. The van der Waals surface area contributed by atoms with E-state index in [0.717, 1.165) is 10.9 Å². The van der Waals surface area contributed by atoms with Gasteiger partial charge < -0.3 is 54.7 Å². The number of nitrogens with zero attached hydrogens (tertiary/aromatic N) is 8. The molecular weight excluding hydrogens is 712 g/mol. The van der Waals surface area contributed by atoms with Gasteiger partial charge in [0.05, 0.1) is 25.9 Å². The molecule has 47 heavy (non-hydrogen) atoms. The topological polar surface area (TPSA) is 266 Å². The zero-order chi connectivity index (χ0) is 34.1. The molecule has 6 rings (SSSR count). The van der Waals surface area contributed by atoms with Gasteiger partial charge in [0.1, 0.15) is 41.4 Å². The van der Waals surface area contributed by atoms with Crippen LogP contribution in [0.1, 0.15) is 19.4 Å². The van der Waals surface area contributed by atoms with Crippen molar-refractivity contribution in [3.05, 3.63) is 19.0 Å². The van der Waals surface area contributed by atoms with Crippen LogP contribution in [0.15, 0.2) is 19.0 Å². The molecule has 0 amide bonds. The molecule has 9 atom stereocenters. The van der Waals surface area contributed by atoms with Gasteiger partial charge in [0, 0.05) is 7.11 Å². The Labute approximate surface area is 273 Å². The minimum absolute atomic E-state index is 0.0949. The summed E-state index contributed by atoms with van der Waals surface area (Å²) < 4.78 is 63.2. The molecule has 2 aliphatic rings. The van der Waals surface area contributed by atoms with Gasteiger partial charge in [-0.05, 0) is 30.5 Å². The summed E-state index contributed by atoms with van der Waals surface area (Å²) in [6.07, 6.45) is -3.60. The van der Waals surface area contributed by atoms with E-state index in [-0.39, 0.29) is 28.1 Å². The van der Waals surface area contributed by atoms with E-state index in [2.05, 4.69) is 29.9 Å². The van der Waals surface area contributed by atoms with Crippen LogP contribution in [0.5, 0.6) is 5.88 Å². The molecule has 0 radical (unpaired) electrons. The van der Waals surface area contributed by atoms with Crippen LogP contribution in [0.3, 0.4) is 0 Å². The lowest BCUT2D eigenvalue weighted by Crippen LogP contribution is -2.46. The molecule has 0 aromatic carbocycles. The molecule has 0 saturated carbocycles. The quantitative estimate of drug-likeness (QED) is 0.116. The van der Waals surface area contributed by atoms with Gasteiger partial charge in [-0.2, -0.15) is 9.97 Å². The van der Waals surface area contributed by atoms with E-state index in [4.69, 9.17) is 58.3 Å². The highest BCUT2D eigenvalue weighted by Gasteiger charge is 2.66. The van der Waals surface area contributed by atoms with E-state index in [0.29, 0.717) is 0 Å². The van der Waals surface area contributed by atoms with Crippen LogP contribution in [-0.4, -0.2) is 115 Å². The Morgan fingerprint density at radius 1 is 1.11 bits per heavy atom. The number of ether oxygens (including phenoxy) is 3. The van der Waals surface area contributed by atoms with Crippen LogP contribution >= 0.6 is 13.6 Å².